The van der Waals surface area contributed by atoms with Gasteiger partial charge in [0.15, 0.2) is 11.4 Å². The standard InChI is InChI=1S/C28H34N6O6/c1-16(2)23-28-32-22(15-39-28)24(35)29-12-8-7-11-19(30-27(38)21-13-17(3)40-34-21)25(36)31-20(26(37)33-23)14-18-9-5-4-6-10-18/h4-6,9-10,13,15-16,19-20,23H,7-8,11-12,14H2,1-3H3,(H,29,35)(H,30,38)(H,31,36)(H,33,37)/t19-,20-,23-/m0/s1. The van der Waals surface area contributed by atoms with Gasteiger partial charge in [-0.25, -0.2) is 4.98 Å². The minimum absolute atomic E-state index is 0.0487. The normalized spacial score (nSPS) is 20.9. The summed E-state index contributed by atoms with van der Waals surface area (Å²) in [6, 6.07) is 8.21. The van der Waals surface area contributed by atoms with Gasteiger partial charge >= 0.3 is 0 Å². The first-order valence-corrected chi connectivity index (χ1v) is 13.3. The highest BCUT2D eigenvalue weighted by molar-refractivity contribution is 5.97. The Kier molecular flexibility index (Phi) is 9.31. The van der Waals surface area contributed by atoms with Crippen LogP contribution in [0.25, 0.3) is 0 Å². The fourth-order valence-corrected chi connectivity index (χ4v) is 4.37. The fourth-order valence-electron chi connectivity index (χ4n) is 4.37. The molecule has 4 N–H and O–H groups in total. The zero-order chi connectivity index (χ0) is 28.6. The van der Waals surface area contributed by atoms with Crippen LogP contribution in [0.1, 0.15) is 77.3 Å². The van der Waals surface area contributed by atoms with E-state index in [1.165, 1.54) is 12.3 Å². The molecule has 3 aromatic rings. The second kappa shape index (κ2) is 13.0. The van der Waals surface area contributed by atoms with Gasteiger partial charge in [0.25, 0.3) is 11.8 Å². The van der Waals surface area contributed by atoms with Crippen molar-refractivity contribution >= 4 is 23.6 Å². The maximum atomic E-state index is 13.6. The summed E-state index contributed by atoms with van der Waals surface area (Å²) in [5.41, 5.74) is 1.00. The molecule has 0 saturated carbocycles. The number of rotatable bonds is 5. The number of nitrogens with one attached hydrogen (secondary N) is 4. The van der Waals surface area contributed by atoms with Crippen LogP contribution in [0.4, 0.5) is 0 Å². The molecule has 0 spiro atoms. The summed E-state index contributed by atoms with van der Waals surface area (Å²) in [6.07, 6.45) is 2.80. The van der Waals surface area contributed by atoms with Crippen molar-refractivity contribution in [3.63, 3.8) is 0 Å². The summed E-state index contributed by atoms with van der Waals surface area (Å²) in [6.45, 7) is 5.77. The number of carbonyl (C=O) groups is 4. The minimum atomic E-state index is -0.963. The third-order valence-electron chi connectivity index (χ3n) is 6.59. The molecule has 12 nitrogen and oxygen atoms in total. The van der Waals surface area contributed by atoms with Gasteiger partial charge in [-0.05, 0) is 37.7 Å². The van der Waals surface area contributed by atoms with Crippen molar-refractivity contribution in [3.8, 4) is 0 Å². The zero-order valence-corrected chi connectivity index (χ0v) is 22.7. The zero-order valence-electron chi connectivity index (χ0n) is 22.7. The number of carbonyl (C=O) groups excluding carboxylic acids is 4. The highest BCUT2D eigenvalue weighted by Crippen LogP contribution is 2.22. The van der Waals surface area contributed by atoms with Crippen molar-refractivity contribution in [2.45, 2.75) is 64.6 Å². The number of hydrogen-bond acceptors (Lipinski definition) is 8. The summed E-state index contributed by atoms with van der Waals surface area (Å²) in [4.78, 5) is 56.9. The molecule has 1 aliphatic heterocycles. The van der Waals surface area contributed by atoms with E-state index in [1.807, 2.05) is 44.2 Å². The van der Waals surface area contributed by atoms with E-state index < -0.39 is 41.8 Å². The van der Waals surface area contributed by atoms with Crippen molar-refractivity contribution in [1.29, 1.82) is 0 Å². The molecule has 212 valence electrons. The molecule has 12 heteroatoms. The molecule has 1 aliphatic rings. The molecule has 0 radical (unpaired) electrons. The molecule has 0 aliphatic carbocycles. The quantitative estimate of drug-likeness (QED) is 0.375. The lowest BCUT2D eigenvalue weighted by Crippen LogP contribution is -2.55. The number of nitrogens with zero attached hydrogens (tertiary/aromatic N) is 2. The summed E-state index contributed by atoms with van der Waals surface area (Å²) in [7, 11) is 0. The van der Waals surface area contributed by atoms with Crippen LogP contribution >= 0.6 is 0 Å². The molecular weight excluding hydrogens is 516 g/mol. The highest BCUT2D eigenvalue weighted by atomic mass is 16.5. The van der Waals surface area contributed by atoms with Crippen molar-refractivity contribution < 1.29 is 28.1 Å². The number of aromatic nitrogens is 2. The van der Waals surface area contributed by atoms with E-state index in [-0.39, 0.29) is 36.0 Å². The van der Waals surface area contributed by atoms with Crippen molar-refractivity contribution in [1.82, 2.24) is 31.4 Å². The molecule has 4 amide bonds. The highest BCUT2D eigenvalue weighted by Gasteiger charge is 2.31. The second-order valence-electron chi connectivity index (χ2n) is 10.2. The van der Waals surface area contributed by atoms with Gasteiger partial charge in [0.2, 0.25) is 17.7 Å². The van der Waals surface area contributed by atoms with Crippen molar-refractivity contribution in [2.24, 2.45) is 5.92 Å². The largest absolute Gasteiger partial charge is 0.446 e. The van der Waals surface area contributed by atoms with E-state index in [4.69, 9.17) is 8.94 Å². The Morgan fingerprint density at radius 3 is 2.58 bits per heavy atom. The van der Waals surface area contributed by atoms with Crippen LogP contribution < -0.4 is 21.3 Å². The van der Waals surface area contributed by atoms with E-state index >= 15 is 0 Å². The summed E-state index contributed by atoms with van der Waals surface area (Å²) in [5.74, 6) is -1.42. The van der Waals surface area contributed by atoms with Crippen LogP contribution in [0.2, 0.25) is 0 Å². The first-order chi connectivity index (χ1) is 19.2. The Balaban J connectivity index is 1.62. The average molecular weight is 551 g/mol. The monoisotopic (exact) mass is 550 g/mol. The summed E-state index contributed by atoms with van der Waals surface area (Å²) < 4.78 is 10.6. The van der Waals surface area contributed by atoms with E-state index in [1.54, 1.807) is 6.92 Å². The van der Waals surface area contributed by atoms with Crippen molar-refractivity contribution in [2.75, 3.05) is 6.54 Å². The maximum Gasteiger partial charge on any atom is 0.274 e. The third kappa shape index (κ3) is 7.33. The van der Waals surface area contributed by atoms with Crippen LogP contribution in [0, 0.1) is 12.8 Å². The Morgan fingerprint density at radius 2 is 1.88 bits per heavy atom. The van der Waals surface area contributed by atoms with Crippen LogP contribution in [0.3, 0.4) is 0 Å². The van der Waals surface area contributed by atoms with Gasteiger partial charge in [-0.3, -0.25) is 19.2 Å². The molecule has 1 aromatic carbocycles. The molecule has 2 bridgehead atoms. The molecule has 40 heavy (non-hydrogen) atoms. The van der Waals surface area contributed by atoms with Gasteiger partial charge in [0, 0.05) is 19.0 Å². The van der Waals surface area contributed by atoms with Gasteiger partial charge < -0.3 is 30.2 Å². The third-order valence-corrected chi connectivity index (χ3v) is 6.59. The van der Waals surface area contributed by atoms with Gasteiger partial charge in [-0.2, -0.15) is 0 Å². The predicted octanol–water partition coefficient (Wildman–Crippen LogP) is 2.22. The molecule has 4 rings (SSSR count). The number of hydrogen-bond donors (Lipinski definition) is 4. The van der Waals surface area contributed by atoms with E-state index in [2.05, 4.69) is 31.4 Å². The molecule has 3 atom stereocenters. The Hall–Kier alpha value is -4.48. The smallest absolute Gasteiger partial charge is 0.274 e. The summed E-state index contributed by atoms with van der Waals surface area (Å²) in [5, 5.41) is 15.0. The second-order valence-corrected chi connectivity index (χ2v) is 10.2. The first-order valence-electron chi connectivity index (χ1n) is 13.3. The molecule has 0 unspecified atom stereocenters. The number of aryl methyl sites for hydroxylation is 1. The minimum Gasteiger partial charge on any atom is -0.446 e. The fraction of sp³-hybridized carbons (Fsp3) is 0.429. The van der Waals surface area contributed by atoms with E-state index in [0.717, 1.165) is 5.56 Å². The van der Waals surface area contributed by atoms with Crippen LogP contribution in [-0.4, -0.2) is 52.4 Å². The molecule has 3 heterocycles. The predicted molar refractivity (Wildman–Crippen MR) is 143 cm³/mol. The van der Waals surface area contributed by atoms with Crippen molar-refractivity contribution in [3.05, 3.63) is 71.3 Å². The van der Waals surface area contributed by atoms with Gasteiger partial charge in [-0.15, -0.1) is 0 Å². The number of benzene rings is 1. The lowest BCUT2D eigenvalue weighted by molar-refractivity contribution is -0.130. The van der Waals surface area contributed by atoms with E-state index in [9.17, 15) is 19.2 Å². The first kappa shape index (κ1) is 28.5. The van der Waals surface area contributed by atoms with Gasteiger partial charge in [0.05, 0.1) is 0 Å². The van der Waals surface area contributed by atoms with E-state index in [0.29, 0.717) is 25.1 Å². The molecular formula is C28H34N6O6. The van der Waals surface area contributed by atoms with Crippen LogP contribution in [0.5, 0.6) is 0 Å². The average Bonchev–Trinajstić information content (AvgIpc) is 3.59. The SMILES string of the molecule is Cc1cc(C(=O)N[C@H]2CCCCNC(=O)c3coc(n3)[C@H](C(C)C)NC(=O)[C@H](Cc3ccccc3)NC2=O)no1. The maximum absolute atomic E-state index is 13.6. The molecule has 0 fully saturated rings. The summed E-state index contributed by atoms with van der Waals surface area (Å²) >= 11 is 0. The Morgan fingerprint density at radius 1 is 1.10 bits per heavy atom. The topological polar surface area (TPSA) is 168 Å². The molecule has 2 aromatic heterocycles. The van der Waals surface area contributed by atoms with Gasteiger partial charge in [-0.1, -0.05) is 49.3 Å². The molecule has 0 saturated heterocycles. The Bertz CT molecular complexity index is 1330. The lowest BCUT2D eigenvalue weighted by atomic mass is 10.0. The Labute approximate surface area is 231 Å². The van der Waals surface area contributed by atoms with Gasteiger partial charge in [0.1, 0.15) is 30.1 Å². The number of oxazole rings is 1. The van der Waals surface area contributed by atoms with Crippen LogP contribution in [0.15, 0.2) is 51.6 Å². The number of amides is 4. The lowest BCUT2D eigenvalue weighted by Gasteiger charge is -2.26. The number of fused-ring (bicyclic) bond motifs is 2. The van der Waals surface area contributed by atoms with Crippen LogP contribution in [-0.2, 0) is 16.0 Å².